The standard InChI is InChI=1S/C8H21N3O2S/c1-8(2,6-9-3)7-10-14(12,13)11(4)5/h9-10H,6-7H2,1-5H3. The van der Waals surface area contributed by atoms with E-state index >= 15 is 0 Å². The molecule has 0 aliphatic carbocycles. The van der Waals surface area contributed by atoms with Crippen molar-refractivity contribution in [2.75, 3.05) is 34.2 Å². The molecule has 0 fully saturated rings. The quantitative estimate of drug-likeness (QED) is 0.646. The zero-order valence-electron chi connectivity index (χ0n) is 9.59. The Morgan fingerprint density at radius 1 is 1.21 bits per heavy atom. The maximum absolute atomic E-state index is 11.4. The Morgan fingerprint density at radius 3 is 2.07 bits per heavy atom. The van der Waals surface area contributed by atoms with E-state index in [0.29, 0.717) is 6.54 Å². The van der Waals surface area contributed by atoms with E-state index in [2.05, 4.69) is 10.0 Å². The average Bonchev–Trinajstić information content (AvgIpc) is 2.01. The smallest absolute Gasteiger partial charge is 0.278 e. The molecular formula is C8H21N3O2S. The largest absolute Gasteiger partial charge is 0.319 e. The second-order valence-electron chi connectivity index (χ2n) is 4.30. The topological polar surface area (TPSA) is 61.4 Å². The molecule has 0 aromatic rings. The first kappa shape index (κ1) is 13.8. The highest BCUT2D eigenvalue weighted by molar-refractivity contribution is 7.87. The number of rotatable bonds is 6. The SMILES string of the molecule is CNCC(C)(C)CNS(=O)(=O)N(C)C. The van der Waals surface area contributed by atoms with Gasteiger partial charge in [0.2, 0.25) is 0 Å². The molecule has 0 aliphatic rings. The van der Waals surface area contributed by atoms with Gasteiger partial charge in [-0.3, -0.25) is 0 Å². The molecule has 0 aromatic heterocycles. The fourth-order valence-corrected chi connectivity index (χ4v) is 1.79. The van der Waals surface area contributed by atoms with Crippen LogP contribution in [0.5, 0.6) is 0 Å². The summed E-state index contributed by atoms with van der Waals surface area (Å²) < 4.78 is 26.5. The van der Waals surface area contributed by atoms with Crippen LogP contribution in [0.1, 0.15) is 13.8 Å². The van der Waals surface area contributed by atoms with Crippen molar-refractivity contribution in [2.45, 2.75) is 13.8 Å². The Bertz CT molecular complexity index is 260. The summed E-state index contributed by atoms with van der Waals surface area (Å²) in [6.07, 6.45) is 0. The average molecular weight is 223 g/mol. The van der Waals surface area contributed by atoms with Gasteiger partial charge < -0.3 is 5.32 Å². The predicted octanol–water partition coefficient (Wildman–Crippen LogP) is -0.372. The molecule has 0 saturated carbocycles. The lowest BCUT2D eigenvalue weighted by Gasteiger charge is -2.25. The van der Waals surface area contributed by atoms with Gasteiger partial charge in [0.15, 0.2) is 0 Å². The van der Waals surface area contributed by atoms with Crippen LogP contribution < -0.4 is 10.0 Å². The molecule has 0 atom stereocenters. The van der Waals surface area contributed by atoms with Gasteiger partial charge in [0.25, 0.3) is 10.2 Å². The minimum Gasteiger partial charge on any atom is -0.319 e. The number of nitrogens with zero attached hydrogens (tertiary/aromatic N) is 1. The summed E-state index contributed by atoms with van der Waals surface area (Å²) in [6, 6.07) is 0. The fraction of sp³-hybridized carbons (Fsp3) is 1.00. The molecule has 5 nitrogen and oxygen atoms in total. The Balaban J connectivity index is 4.19. The van der Waals surface area contributed by atoms with Crippen molar-refractivity contribution < 1.29 is 8.42 Å². The van der Waals surface area contributed by atoms with Crippen molar-refractivity contribution in [2.24, 2.45) is 5.41 Å². The minimum absolute atomic E-state index is 0.0855. The lowest BCUT2D eigenvalue weighted by atomic mass is 9.94. The summed E-state index contributed by atoms with van der Waals surface area (Å²) in [7, 11) is 1.57. The van der Waals surface area contributed by atoms with E-state index in [4.69, 9.17) is 0 Å². The number of nitrogens with one attached hydrogen (secondary N) is 2. The summed E-state index contributed by atoms with van der Waals surface area (Å²) in [5.74, 6) is 0. The third kappa shape index (κ3) is 4.90. The molecule has 0 radical (unpaired) electrons. The Labute approximate surface area is 87.0 Å². The van der Waals surface area contributed by atoms with Crippen molar-refractivity contribution in [3.8, 4) is 0 Å². The molecule has 0 unspecified atom stereocenters. The summed E-state index contributed by atoms with van der Waals surface area (Å²) in [6.45, 7) is 5.20. The monoisotopic (exact) mass is 223 g/mol. The van der Waals surface area contributed by atoms with Gasteiger partial charge >= 0.3 is 0 Å². The van der Waals surface area contributed by atoms with Crippen LogP contribution in [0.2, 0.25) is 0 Å². The highest BCUT2D eigenvalue weighted by atomic mass is 32.2. The van der Waals surface area contributed by atoms with Crippen molar-refractivity contribution in [1.29, 1.82) is 0 Å². The van der Waals surface area contributed by atoms with Gasteiger partial charge in [-0.05, 0) is 12.5 Å². The van der Waals surface area contributed by atoms with Gasteiger partial charge in [-0.15, -0.1) is 0 Å². The minimum atomic E-state index is -3.29. The van der Waals surface area contributed by atoms with Gasteiger partial charge in [-0.2, -0.15) is 12.7 Å². The summed E-state index contributed by atoms with van der Waals surface area (Å²) in [4.78, 5) is 0. The lowest BCUT2D eigenvalue weighted by Crippen LogP contribution is -2.43. The number of hydrogen-bond acceptors (Lipinski definition) is 3. The molecule has 6 heteroatoms. The van der Waals surface area contributed by atoms with Gasteiger partial charge in [-0.25, -0.2) is 4.72 Å². The summed E-state index contributed by atoms with van der Waals surface area (Å²) in [5, 5.41) is 3.03. The van der Waals surface area contributed by atoms with Crippen LogP contribution in [0, 0.1) is 5.41 Å². The highest BCUT2D eigenvalue weighted by Crippen LogP contribution is 2.11. The predicted molar refractivity (Wildman–Crippen MR) is 58.3 cm³/mol. The van der Waals surface area contributed by atoms with Crippen LogP contribution >= 0.6 is 0 Å². The van der Waals surface area contributed by atoms with Crippen LogP contribution in [0.3, 0.4) is 0 Å². The van der Waals surface area contributed by atoms with E-state index < -0.39 is 10.2 Å². The van der Waals surface area contributed by atoms with E-state index in [1.165, 1.54) is 18.4 Å². The normalized spacial score (nSPS) is 13.6. The van der Waals surface area contributed by atoms with Crippen LogP contribution in [-0.4, -0.2) is 47.0 Å². The Morgan fingerprint density at radius 2 is 1.71 bits per heavy atom. The second-order valence-corrected chi connectivity index (χ2v) is 6.27. The van der Waals surface area contributed by atoms with Gasteiger partial charge in [0.1, 0.15) is 0 Å². The molecule has 0 heterocycles. The van der Waals surface area contributed by atoms with E-state index in [-0.39, 0.29) is 5.41 Å². The van der Waals surface area contributed by atoms with Crippen molar-refractivity contribution in [3.63, 3.8) is 0 Å². The first-order chi connectivity index (χ1) is 6.21. The third-order valence-corrected chi connectivity index (χ3v) is 3.34. The first-order valence-electron chi connectivity index (χ1n) is 4.53. The number of hydrogen-bond donors (Lipinski definition) is 2. The van der Waals surface area contributed by atoms with E-state index in [0.717, 1.165) is 6.54 Å². The molecule has 86 valence electrons. The lowest BCUT2D eigenvalue weighted by molar-refractivity contribution is 0.347. The zero-order chi connectivity index (χ0) is 11.4. The van der Waals surface area contributed by atoms with Gasteiger partial charge in [0.05, 0.1) is 0 Å². The van der Waals surface area contributed by atoms with Crippen molar-refractivity contribution in [3.05, 3.63) is 0 Å². The molecule has 0 amide bonds. The maximum atomic E-state index is 11.4. The summed E-state index contributed by atoms with van der Waals surface area (Å²) >= 11 is 0. The molecule has 0 saturated heterocycles. The first-order valence-corrected chi connectivity index (χ1v) is 5.97. The third-order valence-electron chi connectivity index (χ3n) is 1.87. The van der Waals surface area contributed by atoms with Gasteiger partial charge in [0, 0.05) is 27.2 Å². The molecule has 0 bridgehead atoms. The maximum Gasteiger partial charge on any atom is 0.278 e. The molecule has 0 spiro atoms. The fourth-order valence-electron chi connectivity index (χ4n) is 0.957. The van der Waals surface area contributed by atoms with E-state index in [1.807, 2.05) is 20.9 Å². The summed E-state index contributed by atoms with van der Waals surface area (Å²) in [5.41, 5.74) is -0.0855. The van der Waals surface area contributed by atoms with Crippen molar-refractivity contribution >= 4 is 10.2 Å². The molecule has 0 rings (SSSR count). The molecule has 14 heavy (non-hydrogen) atoms. The second kappa shape index (κ2) is 5.06. The van der Waals surface area contributed by atoms with Gasteiger partial charge in [-0.1, -0.05) is 13.8 Å². The Kier molecular flexibility index (Phi) is 5.00. The molecular weight excluding hydrogens is 202 g/mol. The molecule has 0 aromatic carbocycles. The van der Waals surface area contributed by atoms with Crippen LogP contribution in [-0.2, 0) is 10.2 Å². The zero-order valence-corrected chi connectivity index (χ0v) is 10.4. The van der Waals surface area contributed by atoms with E-state index in [1.54, 1.807) is 0 Å². The highest BCUT2D eigenvalue weighted by Gasteiger charge is 2.21. The molecule has 0 aliphatic heterocycles. The van der Waals surface area contributed by atoms with Crippen LogP contribution in [0.25, 0.3) is 0 Å². The molecule has 2 N–H and O–H groups in total. The van der Waals surface area contributed by atoms with Crippen LogP contribution in [0.15, 0.2) is 0 Å². The van der Waals surface area contributed by atoms with Crippen LogP contribution in [0.4, 0.5) is 0 Å². The van der Waals surface area contributed by atoms with E-state index in [9.17, 15) is 8.42 Å². The van der Waals surface area contributed by atoms with Crippen molar-refractivity contribution in [1.82, 2.24) is 14.3 Å². The Hall–Kier alpha value is -0.170.